The third-order valence-corrected chi connectivity index (χ3v) is 3.39. The van der Waals surface area contributed by atoms with E-state index in [0.717, 1.165) is 38.3 Å². The summed E-state index contributed by atoms with van der Waals surface area (Å²) >= 11 is 0. The molecule has 0 amide bonds. The van der Waals surface area contributed by atoms with Crippen molar-refractivity contribution in [3.63, 3.8) is 0 Å². The van der Waals surface area contributed by atoms with E-state index in [2.05, 4.69) is 60.8 Å². The predicted molar refractivity (Wildman–Crippen MR) is 89.0 cm³/mol. The van der Waals surface area contributed by atoms with E-state index in [1.165, 1.54) is 17.5 Å². The summed E-state index contributed by atoms with van der Waals surface area (Å²) in [7, 11) is 0. The molecule has 2 nitrogen and oxygen atoms in total. The van der Waals surface area contributed by atoms with Crippen LogP contribution in [0.4, 0.5) is 0 Å². The monoisotopic (exact) mass is 283 g/mol. The Morgan fingerprint density at radius 3 is 2.48 bits per heavy atom. The zero-order valence-electron chi connectivity index (χ0n) is 12.8. The Morgan fingerprint density at radius 2 is 1.67 bits per heavy atom. The normalized spacial score (nSPS) is 10.5. The Bertz CT molecular complexity index is 510. The molecule has 112 valence electrons. The van der Waals surface area contributed by atoms with E-state index in [4.69, 9.17) is 4.74 Å². The van der Waals surface area contributed by atoms with E-state index in [0.29, 0.717) is 0 Å². The van der Waals surface area contributed by atoms with Crippen LogP contribution in [0.25, 0.3) is 0 Å². The largest absolute Gasteiger partial charge is 0.493 e. The smallest absolute Gasteiger partial charge is 0.122 e. The predicted octanol–water partition coefficient (Wildman–Crippen LogP) is 4.05. The van der Waals surface area contributed by atoms with E-state index in [-0.39, 0.29) is 0 Å². The maximum absolute atomic E-state index is 5.95. The zero-order valence-corrected chi connectivity index (χ0v) is 12.8. The van der Waals surface area contributed by atoms with Crippen LogP contribution in [0.15, 0.2) is 54.6 Å². The van der Waals surface area contributed by atoms with Crippen LogP contribution in [-0.4, -0.2) is 19.7 Å². The molecule has 0 aliphatic rings. The molecule has 0 saturated heterocycles. The van der Waals surface area contributed by atoms with E-state index in [1.807, 2.05) is 6.07 Å². The Balaban J connectivity index is 1.85. The molecule has 0 fully saturated rings. The van der Waals surface area contributed by atoms with Gasteiger partial charge in [0, 0.05) is 6.42 Å². The summed E-state index contributed by atoms with van der Waals surface area (Å²) in [6.45, 7) is 5.06. The van der Waals surface area contributed by atoms with Crippen LogP contribution in [0.2, 0.25) is 0 Å². The fraction of sp³-hybridized carbons (Fsp3) is 0.368. The number of benzene rings is 2. The van der Waals surface area contributed by atoms with Gasteiger partial charge in [0.25, 0.3) is 0 Å². The van der Waals surface area contributed by atoms with E-state index in [1.54, 1.807) is 0 Å². The van der Waals surface area contributed by atoms with E-state index >= 15 is 0 Å². The van der Waals surface area contributed by atoms with Gasteiger partial charge >= 0.3 is 0 Å². The van der Waals surface area contributed by atoms with Crippen LogP contribution in [0.3, 0.4) is 0 Å². The van der Waals surface area contributed by atoms with Crippen molar-refractivity contribution < 1.29 is 4.74 Å². The molecular formula is C19H25NO. The molecule has 0 saturated carbocycles. The fourth-order valence-corrected chi connectivity index (χ4v) is 2.29. The maximum atomic E-state index is 5.95. The van der Waals surface area contributed by atoms with Crippen LogP contribution < -0.4 is 10.1 Å². The molecule has 2 aromatic carbocycles. The molecule has 0 radical (unpaired) electrons. The van der Waals surface area contributed by atoms with Crippen LogP contribution in [0, 0.1) is 0 Å². The first kappa shape index (κ1) is 15.6. The van der Waals surface area contributed by atoms with Crippen molar-refractivity contribution in [2.75, 3.05) is 19.7 Å². The van der Waals surface area contributed by atoms with Crippen molar-refractivity contribution in [2.45, 2.75) is 26.2 Å². The third kappa shape index (κ3) is 5.60. The molecule has 2 rings (SSSR count). The Labute approximate surface area is 128 Å². The second kappa shape index (κ2) is 9.19. The Kier molecular flexibility index (Phi) is 6.82. The third-order valence-electron chi connectivity index (χ3n) is 3.39. The average Bonchev–Trinajstić information content (AvgIpc) is 2.53. The molecule has 0 spiro atoms. The lowest BCUT2D eigenvalue weighted by Gasteiger charge is -2.12. The number of rotatable bonds is 9. The number of ether oxygens (including phenoxy) is 1. The first-order chi connectivity index (χ1) is 10.4. The molecule has 0 atom stereocenters. The first-order valence-electron chi connectivity index (χ1n) is 7.85. The van der Waals surface area contributed by atoms with Crippen molar-refractivity contribution in [1.82, 2.24) is 5.32 Å². The molecule has 0 bridgehead atoms. The highest BCUT2D eigenvalue weighted by Gasteiger charge is 2.03. The molecule has 0 heterocycles. The SMILES string of the molecule is CCCNCCCOc1ccccc1Cc1ccccc1. The fourth-order valence-electron chi connectivity index (χ4n) is 2.29. The highest BCUT2D eigenvalue weighted by Crippen LogP contribution is 2.21. The second-order valence-corrected chi connectivity index (χ2v) is 5.22. The highest BCUT2D eigenvalue weighted by atomic mass is 16.5. The summed E-state index contributed by atoms with van der Waals surface area (Å²) in [5.74, 6) is 1.01. The minimum atomic E-state index is 0.766. The van der Waals surface area contributed by atoms with Gasteiger partial charge in [0.1, 0.15) is 5.75 Å². The number of nitrogens with one attached hydrogen (secondary N) is 1. The number of para-hydroxylation sites is 1. The Hall–Kier alpha value is -1.80. The molecule has 21 heavy (non-hydrogen) atoms. The second-order valence-electron chi connectivity index (χ2n) is 5.22. The lowest BCUT2D eigenvalue weighted by molar-refractivity contribution is 0.305. The molecule has 0 unspecified atom stereocenters. The van der Waals surface area contributed by atoms with Gasteiger partial charge in [0.2, 0.25) is 0 Å². The van der Waals surface area contributed by atoms with Crippen LogP contribution in [0.1, 0.15) is 30.9 Å². The van der Waals surface area contributed by atoms with Crippen molar-refractivity contribution in [3.8, 4) is 5.75 Å². The molecular weight excluding hydrogens is 258 g/mol. The number of hydrogen-bond donors (Lipinski definition) is 1. The summed E-state index contributed by atoms with van der Waals surface area (Å²) in [6.07, 6.45) is 3.14. The van der Waals surface area contributed by atoms with Crippen LogP contribution >= 0.6 is 0 Å². The minimum absolute atomic E-state index is 0.766. The lowest BCUT2D eigenvalue weighted by atomic mass is 10.0. The topological polar surface area (TPSA) is 21.3 Å². The standard InChI is InChI=1S/C19H25NO/c1-2-13-20-14-8-15-21-19-12-7-6-11-18(19)16-17-9-4-3-5-10-17/h3-7,9-12,20H,2,8,13-16H2,1H3. The molecule has 2 aromatic rings. The van der Waals surface area contributed by atoms with Gasteiger partial charge in [-0.25, -0.2) is 0 Å². The minimum Gasteiger partial charge on any atom is -0.493 e. The van der Waals surface area contributed by atoms with Crippen LogP contribution in [0.5, 0.6) is 5.75 Å². The first-order valence-corrected chi connectivity index (χ1v) is 7.85. The van der Waals surface area contributed by atoms with Gasteiger partial charge in [-0.05, 0) is 43.1 Å². The molecule has 2 heteroatoms. The van der Waals surface area contributed by atoms with Gasteiger partial charge in [0.05, 0.1) is 6.61 Å². The quantitative estimate of drug-likeness (QED) is 0.701. The number of hydrogen-bond acceptors (Lipinski definition) is 2. The van der Waals surface area contributed by atoms with Gasteiger partial charge in [-0.15, -0.1) is 0 Å². The highest BCUT2D eigenvalue weighted by molar-refractivity contribution is 5.37. The zero-order chi connectivity index (χ0) is 14.8. The van der Waals surface area contributed by atoms with Gasteiger partial charge in [0.15, 0.2) is 0 Å². The molecule has 0 aromatic heterocycles. The maximum Gasteiger partial charge on any atom is 0.122 e. The molecule has 0 aliphatic carbocycles. The lowest BCUT2D eigenvalue weighted by Crippen LogP contribution is -2.18. The van der Waals surface area contributed by atoms with E-state index < -0.39 is 0 Å². The van der Waals surface area contributed by atoms with Crippen molar-refractivity contribution in [2.24, 2.45) is 0 Å². The molecule has 0 aliphatic heterocycles. The van der Waals surface area contributed by atoms with E-state index in [9.17, 15) is 0 Å². The average molecular weight is 283 g/mol. The summed E-state index contributed by atoms with van der Waals surface area (Å²) < 4.78 is 5.95. The van der Waals surface area contributed by atoms with Crippen molar-refractivity contribution in [3.05, 3.63) is 65.7 Å². The van der Waals surface area contributed by atoms with Crippen molar-refractivity contribution >= 4 is 0 Å². The van der Waals surface area contributed by atoms with Crippen molar-refractivity contribution in [1.29, 1.82) is 0 Å². The summed E-state index contributed by atoms with van der Waals surface area (Å²) in [5.41, 5.74) is 2.57. The summed E-state index contributed by atoms with van der Waals surface area (Å²) in [4.78, 5) is 0. The van der Waals surface area contributed by atoms with Gasteiger partial charge in [-0.1, -0.05) is 55.5 Å². The van der Waals surface area contributed by atoms with Gasteiger partial charge in [-0.2, -0.15) is 0 Å². The summed E-state index contributed by atoms with van der Waals surface area (Å²) in [6, 6.07) is 18.9. The van der Waals surface area contributed by atoms with Gasteiger partial charge < -0.3 is 10.1 Å². The Morgan fingerprint density at radius 1 is 0.905 bits per heavy atom. The van der Waals surface area contributed by atoms with Gasteiger partial charge in [-0.3, -0.25) is 0 Å². The summed E-state index contributed by atoms with van der Waals surface area (Å²) in [5, 5.41) is 3.40. The molecule has 1 N–H and O–H groups in total. The van der Waals surface area contributed by atoms with Crippen LogP contribution in [-0.2, 0) is 6.42 Å².